The summed E-state index contributed by atoms with van der Waals surface area (Å²) in [5.74, 6) is 0. The molecule has 2 heteroatoms. The van der Waals surface area contributed by atoms with E-state index in [1.807, 2.05) is 30.3 Å². The quantitative estimate of drug-likeness (QED) is 0.718. The summed E-state index contributed by atoms with van der Waals surface area (Å²) in [6, 6.07) is 14.3. The van der Waals surface area contributed by atoms with Crippen LogP contribution in [0.2, 0.25) is 0 Å². The number of hydrogen-bond acceptors (Lipinski definition) is 1. The summed E-state index contributed by atoms with van der Waals surface area (Å²) < 4.78 is 2.11. The lowest BCUT2D eigenvalue weighted by atomic mass is 10.1. The van der Waals surface area contributed by atoms with Crippen molar-refractivity contribution in [3.05, 3.63) is 59.4 Å². The molecule has 17 heavy (non-hydrogen) atoms. The highest BCUT2D eigenvalue weighted by Gasteiger charge is 2.07. The molecule has 0 aliphatic rings. The summed E-state index contributed by atoms with van der Waals surface area (Å²) in [4.78, 5) is 10.9. The van der Waals surface area contributed by atoms with Crippen molar-refractivity contribution in [1.82, 2.24) is 4.57 Å². The largest absolute Gasteiger partial charge is 0.342 e. The molecule has 0 aliphatic carbocycles. The molecule has 2 rings (SSSR count). The first-order chi connectivity index (χ1) is 8.35. The number of carbonyl (C=O) groups is 1. The normalized spacial score (nSPS) is 10.4. The third-order valence-electron chi connectivity index (χ3n) is 2.90. The number of aromatic nitrogens is 1. The van der Waals surface area contributed by atoms with Crippen molar-refractivity contribution in [1.29, 1.82) is 0 Å². The van der Waals surface area contributed by atoms with E-state index in [0.29, 0.717) is 0 Å². The molecule has 0 radical (unpaired) electrons. The molecule has 1 aromatic heterocycles. The summed E-state index contributed by atoms with van der Waals surface area (Å²) in [7, 11) is 0. The lowest BCUT2D eigenvalue weighted by molar-refractivity contribution is 0.111. The number of carbonyl (C=O) groups excluding carboxylic acids is 1. The maximum atomic E-state index is 10.9. The van der Waals surface area contributed by atoms with E-state index >= 15 is 0 Å². The molecule has 88 valence electrons. The molecular weight excluding hydrogens is 210 g/mol. The first-order valence-corrected chi connectivity index (χ1v) is 6.02. The second-order valence-electron chi connectivity index (χ2n) is 4.18. The van der Waals surface area contributed by atoms with E-state index in [-0.39, 0.29) is 0 Å². The van der Waals surface area contributed by atoms with Gasteiger partial charge in [0, 0.05) is 18.7 Å². The molecule has 0 fully saturated rings. The number of benzene rings is 1. The SMILES string of the molecule is CCCn1c(C=O)ccc1Cc1ccccc1. The van der Waals surface area contributed by atoms with E-state index in [1.165, 1.54) is 11.3 Å². The molecule has 0 saturated carbocycles. The van der Waals surface area contributed by atoms with Gasteiger partial charge in [-0.2, -0.15) is 0 Å². The summed E-state index contributed by atoms with van der Waals surface area (Å²) in [5, 5.41) is 0. The van der Waals surface area contributed by atoms with Crippen LogP contribution >= 0.6 is 0 Å². The van der Waals surface area contributed by atoms with Gasteiger partial charge in [0.05, 0.1) is 5.69 Å². The average Bonchev–Trinajstić information content (AvgIpc) is 2.74. The molecule has 0 N–H and O–H groups in total. The topological polar surface area (TPSA) is 22.0 Å². The van der Waals surface area contributed by atoms with E-state index in [4.69, 9.17) is 0 Å². The third-order valence-corrected chi connectivity index (χ3v) is 2.90. The molecular formula is C15H17NO. The van der Waals surface area contributed by atoms with Crippen molar-refractivity contribution in [3.8, 4) is 0 Å². The highest BCUT2D eigenvalue weighted by molar-refractivity contribution is 5.72. The van der Waals surface area contributed by atoms with E-state index in [1.54, 1.807) is 0 Å². The second-order valence-corrected chi connectivity index (χ2v) is 4.18. The molecule has 0 spiro atoms. The lowest BCUT2D eigenvalue weighted by Gasteiger charge is -2.09. The van der Waals surface area contributed by atoms with Crippen LogP contribution < -0.4 is 0 Å². The van der Waals surface area contributed by atoms with Gasteiger partial charge in [0.2, 0.25) is 0 Å². The lowest BCUT2D eigenvalue weighted by Crippen LogP contribution is -2.06. The molecule has 2 nitrogen and oxygen atoms in total. The maximum Gasteiger partial charge on any atom is 0.166 e. The number of aldehydes is 1. The molecule has 0 unspecified atom stereocenters. The van der Waals surface area contributed by atoms with Gasteiger partial charge in [-0.1, -0.05) is 37.3 Å². The van der Waals surface area contributed by atoms with Crippen LogP contribution in [0.25, 0.3) is 0 Å². The summed E-state index contributed by atoms with van der Waals surface area (Å²) in [5.41, 5.74) is 3.26. The Morgan fingerprint density at radius 3 is 2.53 bits per heavy atom. The highest BCUT2D eigenvalue weighted by atomic mass is 16.1. The van der Waals surface area contributed by atoms with Gasteiger partial charge in [0.15, 0.2) is 6.29 Å². The fourth-order valence-corrected chi connectivity index (χ4v) is 2.09. The smallest absolute Gasteiger partial charge is 0.166 e. The van der Waals surface area contributed by atoms with Gasteiger partial charge in [-0.25, -0.2) is 0 Å². The van der Waals surface area contributed by atoms with Gasteiger partial charge < -0.3 is 4.57 Å². The fourth-order valence-electron chi connectivity index (χ4n) is 2.09. The van der Waals surface area contributed by atoms with Crippen LogP contribution in [0, 0.1) is 0 Å². The van der Waals surface area contributed by atoms with E-state index in [0.717, 1.165) is 31.4 Å². The van der Waals surface area contributed by atoms with Gasteiger partial charge in [-0.3, -0.25) is 4.79 Å². The summed E-state index contributed by atoms with van der Waals surface area (Å²) >= 11 is 0. The van der Waals surface area contributed by atoms with Crippen molar-refractivity contribution in [3.63, 3.8) is 0 Å². The molecule has 0 amide bonds. The number of rotatable bonds is 5. The predicted octanol–water partition coefficient (Wildman–Crippen LogP) is 3.30. The van der Waals surface area contributed by atoms with E-state index in [9.17, 15) is 4.79 Å². The Morgan fingerprint density at radius 2 is 1.88 bits per heavy atom. The molecule has 1 aromatic carbocycles. The first kappa shape index (κ1) is 11.6. The maximum absolute atomic E-state index is 10.9. The van der Waals surface area contributed by atoms with Gasteiger partial charge in [-0.15, -0.1) is 0 Å². The molecule has 1 heterocycles. The zero-order chi connectivity index (χ0) is 12.1. The summed E-state index contributed by atoms with van der Waals surface area (Å²) in [6.45, 7) is 3.03. The van der Waals surface area contributed by atoms with Crippen LogP contribution in [0.1, 0.15) is 35.1 Å². The van der Waals surface area contributed by atoms with Gasteiger partial charge >= 0.3 is 0 Å². The Kier molecular flexibility index (Phi) is 3.76. The van der Waals surface area contributed by atoms with Gasteiger partial charge in [0.25, 0.3) is 0 Å². The van der Waals surface area contributed by atoms with E-state index in [2.05, 4.69) is 23.6 Å². The van der Waals surface area contributed by atoms with Crippen LogP contribution in [0.15, 0.2) is 42.5 Å². The van der Waals surface area contributed by atoms with Crippen molar-refractivity contribution in [2.24, 2.45) is 0 Å². The van der Waals surface area contributed by atoms with Crippen LogP contribution in [-0.4, -0.2) is 10.9 Å². The monoisotopic (exact) mass is 227 g/mol. The first-order valence-electron chi connectivity index (χ1n) is 6.02. The average molecular weight is 227 g/mol. The zero-order valence-electron chi connectivity index (χ0n) is 10.1. The minimum Gasteiger partial charge on any atom is -0.342 e. The van der Waals surface area contributed by atoms with Crippen molar-refractivity contribution in [2.75, 3.05) is 0 Å². The molecule has 0 saturated heterocycles. The Hall–Kier alpha value is -1.83. The Labute approximate surface area is 102 Å². The molecule has 0 atom stereocenters. The van der Waals surface area contributed by atoms with Gasteiger partial charge in [0.1, 0.15) is 0 Å². The van der Waals surface area contributed by atoms with Gasteiger partial charge in [-0.05, 0) is 24.1 Å². The minimum atomic E-state index is 0.776. The third kappa shape index (κ3) is 2.64. The van der Waals surface area contributed by atoms with Crippen LogP contribution in [-0.2, 0) is 13.0 Å². The van der Waals surface area contributed by atoms with Crippen LogP contribution in [0.5, 0.6) is 0 Å². The van der Waals surface area contributed by atoms with Crippen LogP contribution in [0.4, 0.5) is 0 Å². The molecule has 0 bridgehead atoms. The van der Waals surface area contributed by atoms with Crippen molar-refractivity contribution in [2.45, 2.75) is 26.3 Å². The Bertz CT molecular complexity index is 485. The van der Waals surface area contributed by atoms with Crippen molar-refractivity contribution < 1.29 is 4.79 Å². The summed E-state index contributed by atoms with van der Waals surface area (Å²) in [6.07, 6.45) is 2.86. The fraction of sp³-hybridized carbons (Fsp3) is 0.267. The molecule has 2 aromatic rings. The number of hydrogen-bond donors (Lipinski definition) is 0. The Morgan fingerprint density at radius 1 is 1.12 bits per heavy atom. The Balaban J connectivity index is 2.26. The highest BCUT2D eigenvalue weighted by Crippen LogP contribution is 2.14. The zero-order valence-corrected chi connectivity index (χ0v) is 10.1. The molecule has 0 aliphatic heterocycles. The van der Waals surface area contributed by atoms with E-state index < -0.39 is 0 Å². The van der Waals surface area contributed by atoms with Crippen LogP contribution in [0.3, 0.4) is 0 Å². The minimum absolute atomic E-state index is 0.776. The van der Waals surface area contributed by atoms with Crippen molar-refractivity contribution >= 4 is 6.29 Å². The second kappa shape index (κ2) is 5.48. The predicted molar refractivity (Wildman–Crippen MR) is 69.4 cm³/mol. The number of nitrogens with zero attached hydrogens (tertiary/aromatic N) is 1. The standard InChI is InChI=1S/C15H17NO/c1-2-10-16-14(8-9-15(16)12-17)11-13-6-4-3-5-7-13/h3-9,12H,2,10-11H2,1H3.